The molecule has 0 unspecified atom stereocenters. The van der Waals surface area contributed by atoms with E-state index in [-0.39, 0.29) is 18.6 Å². The number of carbonyl (C=O) groups is 1. The molecule has 4 rings (SSSR count). The Morgan fingerprint density at radius 1 is 1.30 bits per heavy atom. The minimum absolute atomic E-state index is 0.105. The van der Waals surface area contributed by atoms with Crippen LogP contribution in [0.1, 0.15) is 23.1 Å². The lowest BCUT2D eigenvalue weighted by molar-refractivity contribution is 0.0520. The van der Waals surface area contributed by atoms with E-state index in [0.717, 1.165) is 16.8 Å². The predicted octanol–water partition coefficient (Wildman–Crippen LogP) is 1.93. The van der Waals surface area contributed by atoms with E-state index in [1.54, 1.807) is 15.5 Å². The molecule has 1 aliphatic rings. The van der Waals surface area contributed by atoms with E-state index >= 15 is 0 Å². The van der Waals surface area contributed by atoms with Crippen LogP contribution < -0.4 is 0 Å². The fourth-order valence-electron chi connectivity index (χ4n) is 3.52. The number of aliphatic hydroxyl groups excluding tert-OH is 1. The predicted molar refractivity (Wildman–Crippen MR) is 100 cm³/mol. The lowest BCUT2D eigenvalue weighted by atomic mass is 10.0. The minimum Gasteiger partial charge on any atom is -0.388 e. The number of aryl methyl sites for hydroxylation is 1. The molecule has 1 N–H and O–H groups in total. The third-order valence-corrected chi connectivity index (χ3v) is 4.90. The maximum atomic E-state index is 13.0. The van der Waals surface area contributed by atoms with E-state index in [2.05, 4.69) is 10.1 Å². The fraction of sp³-hybridized carbons (Fsp3) is 0.350. The first kappa shape index (κ1) is 17.6. The van der Waals surface area contributed by atoms with Gasteiger partial charge in [0.25, 0.3) is 5.91 Å². The van der Waals surface area contributed by atoms with Crippen molar-refractivity contribution in [3.05, 3.63) is 54.0 Å². The number of fused-ring (bicyclic) bond motifs is 1. The van der Waals surface area contributed by atoms with Crippen molar-refractivity contribution in [3.8, 4) is 11.1 Å². The van der Waals surface area contributed by atoms with Gasteiger partial charge in [-0.25, -0.2) is 9.50 Å². The second-order valence-corrected chi connectivity index (χ2v) is 6.72. The van der Waals surface area contributed by atoms with Crippen molar-refractivity contribution in [3.63, 3.8) is 0 Å². The van der Waals surface area contributed by atoms with Gasteiger partial charge in [0, 0.05) is 23.9 Å². The van der Waals surface area contributed by atoms with E-state index in [1.807, 2.05) is 50.4 Å². The lowest BCUT2D eigenvalue weighted by Gasteiger charge is -2.29. The normalized spacial score (nSPS) is 19.5. The number of rotatable bonds is 4. The van der Waals surface area contributed by atoms with Crippen LogP contribution in [0.2, 0.25) is 0 Å². The fourth-order valence-corrected chi connectivity index (χ4v) is 3.52. The zero-order valence-corrected chi connectivity index (χ0v) is 15.4. The van der Waals surface area contributed by atoms with Gasteiger partial charge in [-0.3, -0.25) is 4.79 Å². The zero-order valence-electron chi connectivity index (χ0n) is 15.4. The van der Waals surface area contributed by atoms with Gasteiger partial charge in [0.05, 0.1) is 25.4 Å². The Morgan fingerprint density at radius 3 is 2.89 bits per heavy atom. The maximum Gasteiger partial charge on any atom is 0.254 e. The van der Waals surface area contributed by atoms with E-state index in [9.17, 15) is 9.90 Å². The summed E-state index contributed by atoms with van der Waals surface area (Å²) >= 11 is 0. The standard InChI is InChI=1S/C20H22N4O3/c1-3-23(17-11-27-12-18(17)25)20(26)15-6-4-5-14(9-15)16-7-8-19-21-13(2)22-24(19)10-16/h4-10,17-18,25H,3,11-12H2,1-2H3/t17-,18-/m0/s1. The Balaban J connectivity index is 1.65. The summed E-state index contributed by atoms with van der Waals surface area (Å²) in [6, 6.07) is 11.1. The van der Waals surface area contributed by atoms with Gasteiger partial charge in [0.1, 0.15) is 5.82 Å². The number of nitrogens with zero attached hydrogens (tertiary/aromatic N) is 4. The summed E-state index contributed by atoms with van der Waals surface area (Å²) in [6.07, 6.45) is 1.26. The molecule has 1 aromatic carbocycles. The molecule has 3 heterocycles. The number of hydrogen-bond donors (Lipinski definition) is 1. The first-order valence-electron chi connectivity index (χ1n) is 9.07. The van der Waals surface area contributed by atoms with Crippen molar-refractivity contribution in [2.24, 2.45) is 0 Å². The molecule has 140 valence electrons. The number of aliphatic hydroxyl groups is 1. The quantitative estimate of drug-likeness (QED) is 0.763. The molecule has 0 radical (unpaired) electrons. The van der Waals surface area contributed by atoms with Gasteiger partial charge in [-0.15, -0.1) is 0 Å². The van der Waals surface area contributed by atoms with Gasteiger partial charge < -0.3 is 14.7 Å². The van der Waals surface area contributed by atoms with Crippen LogP contribution in [0.4, 0.5) is 0 Å². The molecular formula is C20H22N4O3. The van der Waals surface area contributed by atoms with Crippen molar-refractivity contribution in [2.75, 3.05) is 19.8 Å². The molecule has 7 nitrogen and oxygen atoms in total. The van der Waals surface area contributed by atoms with Gasteiger partial charge in [-0.1, -0.05) is 12.1 Å². The summed E-state index contributed by atoms with van der Waals surface area (Å²) in [4.78, 5) is 19.1. The van der Waals surface area contributed by atoms with Crippen molar-refractivity contribution in [1.82, 2.24) is 19.5 Å². The highest BCUT2D eigenvalue weighted by atomic mass is 16.5. The van der Waals surface area contributed by atoms with Crippen LogP contribution in [-0.4, -0.2) is 62.4 Å². The molecule has 0 aliphatic carbocycles. The third kappa shape index (κ3) is 3.31. The van der Waals surface area contributed by atoms with Crippen molar-refractivity contribution < 1.29 is 14.6 Å². The summed E-state index contributed by atoms with van der Waals surface area (Å²) in [5.74, 6) is 0.610. The SMILES string of the molecule is CCN(C(=O)c1cccc(-c2ccc3nc(C)nn3c2)c1)[C@H]1COC[C@@H]1O. The number of likely N-dealkylation sites (N-methyl/N-ethyl adjacent to an activating group) is 1. The van der Waals surface area contributed by atoms with E-state index in [1.165, 1.54) is 0 Å². The number of hydrogen-bond acceptors (Lipinski definition) is 5. The van der Waals surface area contributed by atoms with Gasteiger partial charge in [-0.05, 0) is 43.7 Å². The second kappa shape index (κ2) is 7.09. The Kier molecular flexibility index (Phi) is 4.63. The molecule has 0 saturated carbocycles. The van der Waals surface area contributed by atoms with Crippen molar-refractivity contribution >= 4 is 11.6 Å². The molecule has 2 atom stereocenters. The summed E-state index contributed by atoms with van der Waals surface area (Å²) in [6.45, 7) is 4.91. The first-order valence-corrected chi connectivity index (χ1v) is 9.07. The number of carbonyl (C=O) groups excluding carboxylic acids is 1. The molecule has 1 saturated heterocycles. The highest BCUT2D eigenvalue weighted by Gasteiger charge is 2.34. The Bertz CT molecular complexity index is 984. The molecule has 2 aromatic heterocycles. The number of amides is 1. The number of ether oxygens (including phenoxy) is 1. The van der Waals surface area contributed by atoms with Gasteiger partial charge in [-0.2, -0.15) is 5.10 Å². The topological polar surface area (TPSA) is 80.0 Å². The molecule has 1 aliphatic heterocycles. The highest BCUT2D eigenvalue weighted by molar-refractivity contribution is 5.95. The molecule has 0 bridgehead atoms. The van der Waals surface area contributed by atoms with Crippen molar-refractivity contribution in [2.45, 2.75) is 26.0 Å². The van der Waals surface area contributed by atoms with E-state index in [0.29, 0.717) is 24.5 Å². The molecule has 1 amide bonds. The Hall–Kier alpha value is -2.77. The molecule has 27 heavy (non-hydrogen) atoms. The summed E-state index contributed by atoms with van der Waals surface area (Å²) in [7, 11) is 0. The van der Waals surface area contributed by atoms with Gasteiger partial charge >= 0.3 is 0 Å². The second-order valence-electron chi connectivity index (χ2n) is 6.72. The lowest BCUT2D eigenvalue weighted by Crippen LogP contribution is -2.46. The average Bonchev–Trinajstić information content (AvgIpc) is 3.26. The average molecular weight is 366 g/mol. The number of benzene rings is 1. The van der Waals surface area contributed by atoms with E-state index < -0.39 is 6.10 Å². The summed E-state index contributed by atoms with van der Waals surface area (Å²) in [5.41, 5.74) is 3.25. The van der Waals surface area contributed by atoms with Crippen molar-refractivity contribution in [1.29, 1.82) is 0 Å². The summed E-state index contributed by atoms with van der Waals surface area (Å²) in [5, 5.41) is 14.4. The number of pyridine rings is 1. The Labute approximate surface area is 157 Å². The van der Waals surface area contributed by atoms with Gasteiger partial charge in [0.2, 0.25) is 0 Å². The number of aromatic nitrogens is 3. The zero-order chi connectivity index (χ0) is 19.0. The third-order valence-electron chi connectivity index (χ3n) is 4.90. The largest absolute Gasteiger partial charge is 0.388 e. The monoisotopic (exact) mass is 366 g/mol. The minimum atomic E-state index is -0.643. The van der Waals surface area contributed by atoms with Crippen LogP contribution in [0.3, 0.4) is 0 Å². The summed E-state index contributed by atoms with van der Waals surface area (Å²) < 4.78 is 7.05. The molecule has 3 aromatic rings. The van der Waals surface area contributed by atoms with Crippen LogP contribution in [0.15, 0.2) is 42.6 Å². The van der Waals surface area contributed by atoms with E-state index in [4.69, 9.17) is 4.74 Å². The Morgan fingerprint density at radius 2 is 2.15 bits per heavy atom. The van der Waals surface area contributed by atoms with Crippen LogP contribution in [0.25, 0.3) is 16.8 Å². The smallest absolute Gasteiger partial charge is 0.254 e. The molecule has 0 spiro atoms. The van der Waals surface area contributed by atoms with Crippen LogP contribution in [0.5, 0.6) is 0 Å². The molecular weight excluding hydrogens is 344 g/mol. The van der Waals surface area contributed by atoms with Crippen LogP contribution in [0, 0.1) is 6.92 Å². The van der Waals surface area contributed by atoms with Gasteiger partial charge in [0.15, 0.2) is 5.65 Å². The highest BCUT2D eigenvalue weighted by Crippen LogP contribution is 2.23. The van der Waals surface area contributed by atoms with Crippen LogP contribution >= 0.6 is 0 Å². The molecule has 1 fully saturated rings. The maximum absolute atomic E-state index is 13.0. The molecule has 7 heteroatoms. The van der Waals surface area contributed by atoms with Crippen LogP contribution in [-0.2, 0) is 4.74 Å². The first-order chi connectivity index (χ1) is 13.1.